The second kappa shape index (κ2) is 6.37. The van der Waals surface area contributed by atoms with Crippen LogP contribution in [0.25, 0.3) is 0 Å². The zero-order chi connectivity index (χ0) is 13.0. The molecule has 1 aromatic heterocycles. The highest BCUT2D eigenvalue weighted by Gasteiger charge is 2.12. The molecule has 1 unspecified atom stereocenters. The van der Waals surface area contributed by atoms with Crippen LogP contribution in [-0.2, 0) is 11.2 Å². The van der Waals surface area contributed by atoms with Gasteiger partial charge in [0.1, 0.15) is 0 Å². The van der Waals surface area contributed by atoms with E-state index in [1.807, 2.05) is 0 Å². The fraction of sp³-hybridized carbons (Fsp3) is 0.333. The molecule has 3 heteroatoms. The first kappa shape index (κ1) is 13.6. The third kappa shape index (κ3) is 3.35. The Morgan fingerprint density at radius 3 is 2.44 bits per heavy atom. The molecule has 96 valence electrons. The molecule has 1 nitrogen and oxygen atoms in total. The van der Waals surface area contributed by atoms with E-state index in [0.29, 0.717) is 0 Å². The number of alkyl halides is 1. The Bertz CT molecular complexity index is 489. The van der Waals surface area contributed by atoms with Crippen LogP contribution in [0.2, 0.25) is 0 Å². The monoisotopic (exact) mass is 280 g/mol. The molecule has 0 bridgehead atoms. The van der Waals surface area contributed by atoms with Crippen LogP contribution in [0.1, 0.15) is 26.3 Å². The molecule has 2 aromatic rings. The van der Waals surface area contributed by atoms with Gasteiger partial charge in [0, 0.05) is 16.9 Å². The molecule has 2 rings (SSSR count). The predicted octanol–water partition coefficient (Wildman–Crippen LogP) is 4.57. The number of ether oxygens (including phenoxy) is 1. The summed E-state index contributed by atoms with van der Waals surface area (Å²) in [4.78, 5) is 2.51. The summed E-state index contributed by atoms with van der Waals surface area (Å²) in [5, 5.41) is -0.0415. The minimum absolute atomic E-state index is 0.0415. The van der Waals surface area contributed by atoms with E-state index in [2.05, 4.69) is 43.3 Å². The van der Waals surface area contributed by atoms with Crippen molar-refractivity contribution in [1.82, 2.24) is 0 Å². The summed E-state index contributed by atoms with van der Waals surface area (Å²) in [6.45, 7) is 2.86. The van der Waals surface area contributed by atoms with Crippen molar-refractivity contribution < 1.29 is 4.74 Å². The molecule has 0 aliphatic rings. The number of halogens is 1. The summed E-state index contributed by atoms with van der Waals surface area (Å²) >= 11 is 8.24. The average Bonchev–Trinajstić information content (AvgIpc) is 2.83. The van der Waals surface area contributed by atoms with E-state index in [1.165, 1.54) is 15.3 Å². The molecule has 0 spiro atoms. The van der Waals surface area contributed by atoms with Gasteiger partial charge in [0.25, 0.3) is 0 Å². The predicted molar refractivity (Wildman–Crippen MR) is 78.8 cm³/mol. The van der Waals surface area contributed by atoms with Gasteiger partial charge in [-0.1, -0.05) is 24.3 Å². The molecule has 18 heavy (non-hydrogen) atoms. The molecule has 1 atom stereocenters. The van der Waals surface area contributed by atoms with Crippen LogP contribution < -0.4 is 0 Å². The van der Waals surface area contributed by atoms with Crippen molar-refractivity contribution in [1.29, 1.82) is 0 Å². The topological polar surface area (TPSA) is 9.23 Å². The van der Waals surface area contributed by atoms with Crippen LogP contribution in [-0.4, -0.2) is 13.7 Å². The standard InChI is InChI=1S/C15H17ClOS/c1-11-3-8-14(18-11)15(16)13-6-4-12(5-7-13)9-10-17-2/h3-8,15H,9-10H2,1-2H3. The second-order valence-corrected chi connectivity index (χ2v) is 6.05. The highest BCUT2D eigenvalue weighted by molar-refractivity contribution is 7.12. The van der Waals surface area contributed by atoms with Crippen LogP contribution in [0, 0.1) is 6.92 Å². The first-order valence-corrected chi connectivity index (χ1v) is 7.24. The van der Waals surface area contributed by atoms with Gasteiger partial charge in [-0.2, -0.15) is 0 Å². The number of thiophene rings is 1. The molecule has 0 radical (unpaired) electrons. The molecule has 0 saturated heterocycles. The lowest BCUT2D eigenvalue weighted by Gasteiger charge is -2.09. The third-order valence-electron chi connectivity index (χ3n) is 2.88. The van der Waals surface area contributed by atoms with Gasteiger partial charge in [-0.25, -0.2) is 0 Å². The minimum atomic E-state index is -0.0415. The maximum absolute atomic E-state index is 6.49. The van der Waals surface area contributed by atoms with Gasteiger partial charge in [-0.15, -0.1) is 22.9 Å². The maximum Gasteiger partial charge on any atom is 0.0927 e. The van der Waals surface area contributed by atoms with E-state index >= 15 is 0 Å². The summed E-state index contributed by atoms with van der Waals surface area (Å²) < 4.78 is 5.07. The van der Waals surface area contributed by atoms with Crippen molar-refractivity contribution in [2.24, 2.45) is 0 Å². The lowest BCUT2D eigenvalue weighted by Crippen LogP contribution is -1.95. The number of benzene rings is 1. The molecule has 0 saturated carbocycles. The molecule has 0 aliphatic heterocycles. The van der Waals surface area contributed by atoms with Gasteiger partial charge >= 0.3 is 0 Å². The summed E-state index contributed by atoms with van der Waals surface area (Å²) in [6.07, 6.45) is 0.946. The highest BCUT2D eigenvalue weighted by atomic mass is 35.5. The summed E-state index contributed by atoms with van der Waals surface area (Å²) in [5.74, 6) is 0. The second-order valence-electron chi connectivity index (χ2n) is 4.30. The number of hydrogen-bond donors (Lipinski definition) is 0. The molecule has 0 fully saturated rings. The van der Waals surface area contributed by atoms with E-state index in [0.717, 1.165) is 18.6 Å². The van der Waals surface area contributed by atoms with Crippen LogP contribution in [0.5, 0.6) is 0 Å². The fourth-order valence-electron chi connectivity index (χ4n) is 1.83. The van der Waals surface area contributed by atoms with Crippen molar-refractivity contribution in [3.05, 3.63) is 57.3 Å². The summed E-state index contributed by atoms with van der Waals surface area (Å²) in [5.41, 5.74) is 2.44. The van der Waals surface area contributed by atoms with Crippen LogP contribution >= 0.6 is 22.9 Å². The fourth-order valence-corrected chi connectivity index (χ4v) is 3.06. The van der Waals surface area contributed by atoms with E-state index in [4.69, 9.17) is 16.3 Å². The third-order valence-corrected chi connectivity index (χ3v) is 4.56. The number of hydrogen-bond acceptors (Lipinski definition) is 2. The van der Waals surface area contributed by atoms with E-state index < -0.39 is 0 Å². The summed E-state index contributed by atoms with van der Waals surface area (Å²) in [7, 11) is 1.72. The van der Waals surface area contributed by atoms with Crippen LogP contribution in [0.3, 0.4) is 0 Å². The largest absolute Gasteiger partial charge is 0.384 e. The van der Waals surface area contributed by atoms with E-state index in [-0.39, 0.29) is 5.38 Å². The van der Waals surface area contributed by atoms with Crippen LogP contribution in [0.15, 0.2) is 36.4 Å². The SMILES string of the molecule is COCCc1ccc(C(Cl)c2ccc(C)s2)cc1. The Morgan fingerprint density at radius 2 is 1.89 bits per heavy atom. The first-order valence-electron chi connectivity index (χ1n) is 5.99. The quantitative estimate of drug-likeness (QED) is 0.729. The van der Waals surface area contributed by atoms with Gasteiger partial charge in [0.05, 0.1) is 12.0 Å². The zero-order valence-corrected chi connectivity index (χ0v) is 12.2. The molecule has 0 aliphatic carbocycles. The lowest BCUT2D eigenvalue weighted by atomic mass is 10.1. The Balaban J connectivity index is 2.09. The first-order chi connectivity index (χ1) is 8.70. The number of aryl methyl sites for hydroxylation is 1. The zero-order valence-electron chi connectivity index (χ0n) is 10.7. The smallest absolute Gasteiger partial charge is 0.0927 e. The van der Waals surface area contributed by atoms with E-state index in [1.54, 1.807) is 18.4 Å². The van der Waals surface area contributed by atoms with Crippen molar-refractivity contribution >= 4 is 22.9 Å². The Labute approximate surface area is 117 Å². The van der Waals surface area contributed by atoms with Gasteiger partial charge < -0.3 is 4.74 Å². The minimum Gasteiger partial charge on any atom is -0.384 e. The van der Waals surface area contributed by atoms with Crippen molar-refractivity contribution in [2.75, 3.05) is 13.7 Å². The Hall–Kier alpha value is -0.830. The van der Waals surface area contributed by atoms with E-state index in [9.17, 15) is 0 Å². The highest BCUT2D eigenvalue weighted by Crippen LogP contribution is 2.33. The molecule has 1 heterocycles. The van der Waals surface area contributed by atoms with Crippen molar-refractivity contribution in [3.63, 3.8) is 0 Å². The molecule has 0 amide bonds. The van der Waals surface area contributed by atoms with Crippen molar-refractivity contribution in [3.8, 4) is 0 Å². The average molecular weight is 281 g/mol. The van der Waals surface area contributed by atoms with Gasteiger partial charge in [-0.05, 0) is 36.6 Å². The van der Waals surface area contributed by atoms with Gasteiger partial charge in [0.15, 0.2) is 0 Å². The Morgan fingerprint density at radius 1 is 1.17 bits per heavy atom. The van der Waals surface area contributed by atoms with Gasteiger partial charge in [0.2, 0.25) is 0 Å². The maximum atomic E-state index is 6.49. The lowest BCUT2D eigenvalue weighted by molar-refractivity contribution is 0.202. The molecule has 0 N–H and O–H groups in total. The van der Waals surface area contributed by atoms with Crippen molar-refractivity contribution in [2.45, 2.75) is 18.7 Å². The number of methoxy groups -OCH3 is 1. The molecular formula is C15H17ClOS. The molecular weight excluding hydrogens is 264 g/mol. The molecule has 1 aromatic carbocycles. The number of rotatable bonds is 5. The normalized spacial score (nSPS) is 12.6. The summed E-state index contributed by atoms with van der Waals surface area (Å²) in [6, 6.07) is 12.7. The van der Waals surface area contributed by atoms with Crippen LogP contribution in [0.4, 0.5) is 0 Å². The van der Waals surface area contributed by atoms with Gasteiger partial charge in [-0.3, -0.25) is 0 Å². The Kier molecular flexibility index (Phi) is 4.81.